The van der Waals surface area contributed by atoms with E-state index in [2.05, 4.69) is 35.0 Å². The van der Waals surface area contributed by atoms with E-state index in [9.17, 15) is 4.79 Å². The van der Waals surface area contributed by atoms with Crippen LogP contribution in [0.5, 0.6) is 0 Å². The molecule has 0 aliphatic rings. The summed E-state index contributed by atoms with van der Waals surface area (Å²) >= 11 is 0. The molecule has 0 atom stereocenters. The number of fused-ring (bicyclic) bond motifs is 1. The van der Waals surface area contributed by atoms with Crippen LogP contribution >= 0.6 is 0 Å². The van der Waals surface area contributed by atoms with Crippen LogP contribution in [0.25, 0.3) is 16.7 Å². The maximum atomic E-state index is 12.0. The lowest BCUT2D eigenvalue weighted by molar-refractivity contribution is 0.139. The third kappa shape index (κ3) is 4.29. The van der Waals surface area contributed by atoms with Crippen molar-refractivity contribution in [1.82, 2.24) is 14.9 Å². The Morgan fingerprint density at radius 1 is 0.966 bits per heavy atom. The molecule has 0 saturated carbocycles. The van der Waals surface area contributed by atoms with Gasteiger partial charge in [-0.1, -0.05) is 60.7 Å². The fourth-order valence-electron chi connectivity index (χ4n) is 3.42. The van der Waals surface area contributed by atoms with Gasteiger partial charge in [0.2, 0.25) is 0 Å². The number of nitrogens with one attached hydrogen (secondary N) is 1. The summed E-state index contributed by atoms with van der Waals surface area (Å²) in [5.41, 5.74) is 5.24. The minimum atomic E-state index is -0.424. The molecular weight excluding hydrogens is 362 g/mol. The van der Waals surface area contributed by atoms with Crippen LogP contribution in [-0.4, -0.2) is 22.2 Å². The predicted octanol–water partition coefficient (Wildman–Crippen LogP) is 4.80. The van der Waals surface area contributed by atoms with Gasteiger partial charge in [-0.05, 0) is 36.2 Å². The van der Waals surface area contributed by atoms with Gasteiger partial charge in [0, 0.05) is 18.7 Å². The molecule has 29 heavy (non-hydrogen) atoms. The van der Waals surface area contributed by atoms with Gasteiger partial charge >= 0.3 is 6.09 Å². The van der Waals surface area contributed by atoms with Crippen molar-refractivity contribution in [3.05, 3.63) is 95.8 Å². The highest BCUT2D eigenvalue weighted by atomic mass is 16.5. The van der Waals surface area contributed by atoms with Crippen molar-refractivity contribution in [3.63, 3.8) is 0 Å². The van der Waals surface area contributed by atoms with Crippen LogP contribution < -0.4 is 5.32 Å². The Labute approximate surface area is 170 Å². The van der Waals surface area contributed by atoms with Crippen molar-refractivity contribution in [2.45, 2.75) is 20.0 Å². The Balaban J connectivity index is 1.47. The number of aryl methyl sites for hydroxylation is 1. The topological polar surface area (TPSA) is 56.1 Å². The number of benzene rings is 3. The van der Waals surface area contributed by atoms with Gasteiger partial charge in [-0.2, -0.15) is 0 Å². The minimum absolute atomic E-state index is 0.258. The molecule has 0 bridgehead atoms. The molecule has 5 nitrogen and oxygen atoms in total. The summed E-state index contributed by atoms with van der Waals surface area (Å²) in [5.74, 6) is 0.906. The van der Waals surface area contributed by atoms with Crippen molar-refractivity contribution in [2.24, 2.45) is 0 Å². The molecule has 0 saturated heterocycles. The molecule has 5 heteroatoms. The van der Waals surface area contributed by atoms with E-state index in [0.717, 1.165) is 28.1 Å². The maximum Gasteiger partial charge on any atom is 0.407 e. The molecule has 0 fully saturated rings. The largest absolute Gasteiger partial charge is 0.445 e. The van der Waals surface area contributed by atoms with Crippen LogP contribution in [0.15, 0.2) is 78.9 Å². The zero-order valence-corrected chi connectivity index (χ0v) is 16.3. The number of para-hydroxylation sites is 2. The highest BCUT2D eigenvalue weighted by Crippen LogP contribution is 2.24. The van der Waals surface area contributed by atoms with Crippen molar-refractivity contribution < 1.29 is 9.53 Å². The van der Waals surface area contributed by atoms with E-state index in [1.165, 1.54) is 5.56 Å². The van der Waals surface area contributed by atoms with E-state index < -0.39 is 6.09 Å². The maximum absolute atomic E-state index is 12.0. The van der Waals surface area contributed by atoms with Crippen LogP contribution in [-0.2, 0) is 17.8 Å². The second-order valence-corrected chi connectivity index (χ2v) is 6.88. The van der Waals surface area contributed by atoms with Gasteiger partial charge in [-0.25, -0.2) is 9.78 Å². The number of nitrogens with zero attached hydrogens (tertiary/aromatic N) is 2. The number of imidazole rings is 1. The minimum Gasteiger partial charge on any atom is -0.445 e. The third-order valence-corrected chi connectivity index (χ3v) is 4.79. The number of carbonyl (C=O) groups excluding carboxylic acids is 1. The van der Waals surface area contributed by atoms with E-state index in [-0.39, 0.29) is 6.61 Å². The lowest BCUT2D eigenvalue weighted by Gasteiger charge is -2.11. The van der Waals surface area contributed by atoms with Crippen molar-refractivity contribution in [3.8, 4) is 5.69 Å². The standard InChI is InChI=1S/C24H23N3O2/c1-18-9-8-14-21-23(18)27(20-12-6-3-7-13-20)22(26-21)15-16-25-24(28)29-17-19-10-4-2-5-11-19/h2-14H,15-17H2,1H3,(H,25,28). The molecule has 0 aliphatic carbocycles. The third-order valence-electron chi connectivity index (χ3n) is 4.79. The summed E-state index contributed by atoms with van der Waals surface area (Å²) in [6, 6.07) is 25.9. The van der Waals surface area contributed by atoms with Crippen molar-refractivity contribution in [1.29, 1.82) is 0 Å². The zero-order valence-electron chi connectivity index (χ0n) is 16.3. The van der Waals surface area contributed by atoms with Crippen LogP contribution in [0, 0.1) is 6.92 Å². The van der Waals surface area contributed by atoms with Gasteiger partial charge in [0.15, 0.2) is 0 Å². The molecule has 1 aromatic heterocycles. The lowest BCUT2D eigenvalue weighted by Crippen LogP contribution is -2.27. The van der Waals surface area contributed by atoms with Crippen LogP contribution in [0.4, 0.5) is 4.79 Å². The van der Waals surface area contributed by atoms with Gasteiger partial charge in [0.25, 0.3) is 0 Å². The average molecular weight is 385 g/mol. The number of ether oxygens (including phenoxy) is 1. The first-order chi connectivity index (χ1) is 14.2. The van der Waals surface area contributed by atoms with Crippen LogP contribution in [0.1, 0.15) is 17.0 Å². The molecule has 4 rings (SSSR count). The fraction of sp³-hybridized carbons (Fsp3) is 0.167. The quantitative estimate of drug-likeness (QED) is 0.519. The van der Waals surface area contributed by atoms with Crippen molar-refractivity contribution >= 4 is 17.1 Å². The number of rotatable bonds is 6. The predicted molar refractivity (Wildman–Crippen MR) is 114 cm³/mol. The SMILES string of the molecule is Cc1cccc2nc(CCNC(=O)OCc3ccccc3)n(-c3ccccc3)c12. The second kappa shape index (κ2) is 8.61. The number of amides is 1. The van der Waals surface area contributed by atoms with Crippen molar-refractivity contribution in [2.75, 3.05) is 6.54 Å². The first-order valence-corrected chi connectivity index (χ1v) is 9.69. The average Bonchev–Trinajstić information content (AvgIpc) is 3.13. The molecule has 0 radical (unpaired) electrons. The molecule has 0 aliphatic heterocycles. The summed E-state index contributed by atoms with van der Waals surface area (Å²) in [6.07, 6.45) is 0.177. The first-order valence-electron chi connectivity index (χ1n) is 9.69. The Hall–Kier alpha value is -3.60. The van der Waals surface area contributed by atoms with E-state index in [1.54, 1.807) is 0 Å². The fourth-order valence-corrected chi connectivity index (χ4v) is 3.42. The van der Waals surface area contributed by atoms with Crippen LogP contribution in [0.3, 0.4) is 0 Å². The van der Waals surface area contributed by atoms with E-state index in [0.29, 0.717) is 13.0 Å². The zero-order chi connectivity index (χ0) is 20.1. The lowest BCUT2D eigenvalue weighted by atomic mass is 10.2. The van der Waals surface area contributed by atoms with E-state index in [4.69, 9.17) is 9.72 Å². The monoisotopic (exact) mass is 385 g/mol. The summed E-state index contributed by atoms with van der Waals surface area (Å²) in [4.78, 5) is 16.8. The molecule has 1 amide bonds. The molecule has 0 spiro atoms. The van der Waals surface area contributed by atoms with Gasteiger partial charge < -0.3 is 10.1 Å². The van der Waals surface area contributed by atoms with Gasteiger partial charge in [-0.15, -0.1) is 0 Å². The number of alkyl carbamates (subject to hydrolysis) is 1. The molecule has 1 heterocycles. The van der Waals surface area contributed by atoms with Gasteiger partial charge in [0.05, 0.1) is 11.0 Å². The molecule has 0 unspecified atom stereocenters. The Morgan fingerprint density at radius 2 is 1.69 bits per heavy atom. The van der Waals surface area contributed by atoms with E-state index in [1.807, 2.05) is 60.7 Å². The molecule has 146 valence electrons. The molecule has 3 aromatic carbocycles. The second-order valence-electron chi connectivity index (χ2n) is 6.88. The number of hydrogen-bond donors (Lipinski definition) is 1. The first kappa shape index (κ1) is 18.7. The Kier molecular flexibility index (Phi) is 5.56. The molecule has 1 N–H and O–H groups in total. The van der Waals surface area contributed by atoms with Gasteiger partial charge in [0.1, 0.15) is 12.4 Å². The summed E-state index contributed by atoms with van der Waals surface area (Å²) < 4.78 is 7.45. The summed E-state index contributed by atoms with van der Waals surface area (Å²) in [6.45, 7) is 2.80. The Morgan fingerprint density at radius 3 is 2.45 bits per heavy atom. The van der Waals surface area contributed by atoms with Gasteiger partial charge in [-0.3, -0.25) is 4.57 Å². The highest BCUT2D eigenvalue weighted by molar-refractivity contribution is 5.81. The van der Waals surface area contributed by atoms with E-state index >= 15 is 0 Å². The van der Waals surface area contributed by atoms with Crippen LogP contribution in [0.2, 0.25) is 0 Å². The highest BCUT2D eigenvalue weighted by Gasteiger charge is 2.14. The molecule has 4 aromatic rings. The molecular formula is C24H23N3O2. The number of carbonyl (C=O) groups is 1. The summed E-state index contributed by atoms with van der Waals surface area (Å²) in [7, 11) is 0. The number of hydrogen-bond acceptors (Lipinski definition) is 3. The Bertz CT molecular complexity index is 1110. The summed E-state index contributed by atoms with van der Waals surface area (Å²) in [5, 5.41) is 2.82. The number of aromatic nitrogens is 2. The normalized spacial score (nSPS) is 10.8. The smallest absolute Gasteiger partial charge is 0.407 e.